The number of benzene rings is 1. The first-order valence-corrected chi connectivity index (χ1v) is 6.32. The first-order valence-electron chi connectivity index (χ1n) is 6.32. The third-order valence-corrected chi connectivity index (χ3v) is 3.30. The number of nitrogens with zero attached hydrogens (tertiary/aromatic N) is 2. The molecular weight excluding hydrogens is 236 g/mol. The number of pyridine rings is 1. The topological polar surface area (TPSA) is 26.5 Å². The quantitative estimate of drug-likeness (QED) is 0.715. The van der Waals surface area contributed by atoms with Crippen LogP contribution in [0.2, 0.25) is 0 Å². The van der Waals surface area contributed by atoms with Crippen LogP contribution in [0.3, 0.4) is 0 Å². The number of aryl methyl sites for hydroxylation is 1. The molecule has 0 atom stereocenters. The molecule has 3 aromatic rings. The van der Waals surface area contributed by atoms with Gasteiger partial charge in [0.1, 0.15) is 11.6 Å². The fourth-order valence-electron chi connectivity index (χ4n) is 2.18. The van der Waals surface area contributed by atoms with E-state index in [9.17, 15) is 0 Å². The molecule has 0 fully saturated rings. The van der Waals surface area contributed by atoms with Gasteiger partial charge in [-0.1, -0.05) is 29.8 Å². The summed E-state index contributed by atoms with van der Waals surface area (Å²) in [6.45, 7) is 2.10. The SMILES string of the molecule is COc1ccn2c(Cc3ccc(C)cc3)ncc2c1. The second-order valence-corrected chi connectivity index (χ2v) is 4.70. The molecule has 96 valence electrons. The summed E-state index contributed by atoms with van der Waals surface area (Å²) < 4.78 is 7.32. The van der Waals surface area contributed by atoms with Crippen molar-refractivity contribution in [1.29, 1.82) is 0 Å². The van der Waals surface area contributed by atoms with Crippen LogP contribution in [0.1, 0.15) is 17.0 Å². The van der Waals surface area contributed by atoms with Crippen molar-refractivity contribution in [2.75, 3.05) is 7.11 Å². The van der Waals surface area contributed by atoms with E-state index in [2.05, 4.69) is 40.6 Å². The van der Waals surface area contributed by atoms with Gasteiger partial charge in [-0.15, -0.1) is 0 Å². The summed E-state index contributed by atoms with van der Waals surface area (Å²) >= 11 is 0. The standard InChI is InChI=1S/C16H16N2O/c1-12-3-5-13(6-4-12)9-16-17-11-14-10-15(19-2)7-8-18(14)16/h3-8,10-11H,9H2,1-2H3. The van der Waals surface area contributed by atoms with Crippen LogP contribution in [-0.2, 0) is 6.42 Å². The van der Waals surface area contributed by atoms with E-state index < -0.39 is 0 Å². The fourth-order valence-corrected chi connectivity index (χ4v) is 2.18. The lowest BCUT2D eigenvalue weighted by atomic mass is 10.1. The average Bonchev–Trinajstić information content (AvgIpc) is 2.83. The van der Waals surface area contributed by atoms with Gasteiger partial charge in [-0.3, -0.25) is 0 Å². The Labute approximate surface area is 112 Å². The smallest absolute Gasteiger partial charge is 0.122 e. The molecule has 0 amide bonds. The van der Waals surface area contributed by atoms with Crippen molar-refractivity contribution >= 4 is 5.52 Å². The second kappa shape index (κ2) is 4.76. The minimum Gasteiger partial charge on any atom is -0.497 e. The molecular formula is C16H16N2O. The summed E-state index contributed by atoms with van der Waals surface area (Å²) in [7, 11) is 1.68. The molecule has 0 saturated heterocycles. The van der Waals surface area contributed by atoms with Crippen molar-refractivity contribution in [3.8, 4) is 5.75 Å². The Bertz CT molecular complexity index is 698. The van der Waals surface area contributed by atoms with Crippen LogP contribution in [0.5, 0.6) is 5.75 Å². The molecule has 0 aliphatic heterocycles. The van der Waals surface area contributed by atoms with Gasteiger partial charge in [-0.25, -0.2) is 4.98 Å². The Morgan fingerprint density at radius 3 is 2.68 bits per heavy atom. The molecule has 3 rings (SSSR count). The first kappa shape index (κ1) is 11.8. The lowest BCUT2D eigenvalue weighted by Crippen LogP contribution is -1.96. The van der Waals surface area contributed by atoms with E-state index in [1.807, 2.05) is 24.5 Å². The highest BCUT2D eigenvalue weighted by molar-refractivity contribution is 5.50. The number of ether oxygens (including phenoxy) is 1. The van der Waals surface area contributed by atoms with Crippen molar-refractivity contribution in [2.24, 2.45) is 0 Å². The van der Waals surface area contributed by atoms with Crippen molar-refractivity contribution in [3.05, 3.63) is 65.7 Å². The monoisotopic (exact) mass is 252 g/mol. The van der Waals surface area contributed by atoms with Gasteiger partial charge in [0.25, 0.3) is 0 Å². The van der Waals surface area contributed by atoms with Crippen LogP contribution in [0.25, 0.3) is 5.52 Å². The number of rotatable bonds is 3. The normalized spacial score (nSPS) is 10.8. The Morgan fingerprint density at radius 2 is 1.95 bits per heavy atom. The molecule has 19 heavy (non-hydrogen) atoms. The lowest BCUT2D eigenvalue weighted by Gasteiger charge is -2.04. The van der Waals surface area contributed by atoms with Gasteiger partial charge in [0.15, 0.2) is 0 Å². The molecule has 0 aliphatic rings. The summed E-state index contributed by atoms with van der Waals surface area (Å²) in [6.07, 6.45) is 4.72. The fraction of sp³-hybridized carbons (Fsp3) is 0.188. The van der Waals surface area contributed by atoms with Crippen molar-refractivity contribution in [3.63, 3.8) is 0 Å². The molecule has 2 heterocycles. The zero-order chi connectivity index (χ0) is 13.2. The summed E-state index contributed by atoms with van der Waals surface area (Å²) in [5, 5.41) is 0. The molecule has 0 unspecified atom stereocenters. The van der Waals surface area contributed by atoms with Crippen LogP contribution in [0, 0.1) is 6.92 Å². The summed E-state index contributed by atoms with van der Waals surface area (Å²) in [5.41, 5.74) is 3.61. The molecule has 0 aliphatic carbocycles. The summed E-state index contributed by atoms with van der Waals surface area (Å²) in [6, 6.07) is 12.5. The highest BCUT2D eigenvalue weighted by Gasteiger charge is 2.05. The maximum absolute atomic E-state index is 5.22. The van der Waals surface area contributed by atoms with E-state index in [1.165, 1.54) is 11.1 Å². The number of fused-ring (bicyclic) bond motifs is 1. The molecule has 0 bridgehead atoms. The predicted octanol–water partition coefficient (Wildman–Crippen LogP) is 3.24. The average molecular weight is 252 g/mol. The van der Waals surface area contributed by atoms with Crippen molar-refractivity contribution < 1.29 is 4.74 Å². The van der Waals surface area contributed by atoms with E-state index >= 15 is 0 Å². The highest BCUT2D eigenvalue weighted by atomic mass is 16.5. The van der Waals surface area contributed by atoms with Gasteiger partial charge in [0, 0.05) is 18.7 Å². The van der Waals surface area contributed by atoms with Gasteiger partial charge in [0.2, 0.25) is 0 Å². The Balaban J connectivity index is 1.95. The number of imidazole rings is 1. The van der Waals surface area contributed by atoms with E-state index in [0.717, 1.165) is 23.5 Å². The zero-order valence-electron chi connectivity index (χ0n) is 11.1. The minimum atomic E-state index is 0.834. The molecule has 1 aromatic carbocycles. The molecule has 0 N–H and O–H groups in total. The number of hydrogen-bond donors (Lipinski definition) is 0. The third kappa shape index (κ3) is 2.32. The first-order chi connectivity index (χ1) is 9.26. The predicted molar refractivity (Wildman–Crippen MR) is 75.7 cm³/mol. The second-order valence-electron chi connectivity index (χ2n) is 4.70. The molecule has 3 nitrogen and oxygen atoms in total. The molecule has 0 spiro atoms. The summed E-state index contributed by atoms with van der Waals surface area (Å²) in [5.74, 6) is 1.90. The van der Waals surface area contributed by atoms with E-state index in [0.29, 0.717) is 0 Å². The number of hydrogen-bond acceptors (Lipinski definition) is 2. The van der Waals surface area contributed by atoms with Gasteiger partial charge >= 0.3 is 0 Å². The highest BCUT2D eigenvalue weighted by Crippen LogP contribution is 2.17. The molecule has 0 radical (unpaired) electrons. The van der Waals surface area contributed by atoms with E-state index in [-0.39, 0.29) is 0 Å². The van der Waals surface area contributed by atoms with Gasteiger partial charge in [0.05, 0.1) is 18.8 Å². The Morgan fingerprint density at radius 1 is 1.16 bits per heavy atom. The van der Waals surface area contributed by atoms with Crippen molar-refractivity contribution in [2.45, 2.75) is 13.3 Å². The van der Waals surface area contributed by atoms with Crippen LogP contribution in [-0.4, -0.2) is 16.5 Å². The largest absolute Gasteiger partial charge is 0.497 e. The Hall–Kier alpha value is -2.29. The maximum Gasteiger partial charge on any atom is 0.122 e. The number of aromatic nitrogens is 2. The maximum atomic E-state index is 5.22. The minimum absolute atomic E-state index is 0.834. The van der Waals surface area contributed by atoms with Crippen LogP contribution >= 0.6 is 0 Å². The lowest BCUT2D eigenvalue weighted by molar-refractivity contribution is 0.414. The molecule has 0 saturated carbocycles. The van der Waals surface area contributed by atoms with Gasteiger partial charge in [-0.2, -0.15) is 0 Å². The van der Waals surface area contributed by atoms with Crippen LogP contribution in [0.15, 0.2) is 48.8 Å². The Kier molecular flexibility index (Phi) is 2.95. The zero-order valence-corrected chi connectivity index (χ0v) is 11.1. The molecule has 3 heteroatoms. The molecule has 2 aromatic heterocycles. The number of methoxy groups -OCH3 is 1. The van der Waals surface area contributed by atoms with Gasteiger partial charge in [-0.05, 0) is 18.6 Å². The van der Waals surface area contributed by atoms with Gasteiger partial charge < -0.3 is 9.14 Å². The van der Waals surface area contributed by atoms with E-state index in [1.54, 1.807) is 7.11 Å². The van der Waals surface area contributed by atoms with Crippen LogP contribution < -0.4 is 4.74 Å². The van der Waals surface area contributed by atoms with Crippen molar-refractivity contribution in [1.82, 2.24) is 9.38 Å². The van der Waals surface area contributed by atoms with E-state index in [4.69, 9.17) is 4.74 Å². The third-order valence-electron chi connectivity index (χ3n) is 3.30. The summed E-state index contributed by atoms with van der Waals surface area (Å²) in [4.78, 5) is 4.50. The van der Waals surface area contributed by atoms with Crippen LogP contribution in [0.4, 0.5) is 0 Å².